The zero-order valence-corrected chi connectivity index (χ0v) is 16.2. The predicted octanol–water partition coefficient (Wildman–Crippen LogP) is 4.98. The summed E-state index contributed by atoms with van der Waals surface area (Å²) in [4.78, 5) is 16.3. The third-order valence-corrected chi connectivity index (χ3v) is 5.31. The standard InChI is InChI=1S/C22H21NO3S/c1-15-10-16(2)12-17(11-15)22(24)23(14-19-4-3-9-27-19)18-5-6-20-21(13-18)26-8-7-25-20/h3-6,9-13H,7-8,14H2,1-2H3. The molecule has 1 amide bonds. The minimum atomic E-state index is -0.0214. The van der Waals surface area contributed by atoms with Crippen molar-refractivity contribution in [3.05, 3.63) is 75.5 Å². The summed E-state index contributed by atoms with van der Waals surface area (Å²) in [6.45, 7) is 5.61. The molecule has 0 radical (unpaired) electrons. The third-order valence-electron chi connectivity index (χ3n) is 4.45. The minimum absolute atomic E-state index is 0.0214. The molecule has 0 atom stereocenters. The highest BCUT2D eigenvalue weighted by Gasteiger charge is 2.22. The summed E-state index contributed by atoms with van der Waals surface area (Å²) in [7, 11) is 0. The summed E-state index contributed by atoms with van der Waals surface area (Å²) in [5.41, 5.74) is 3.66. The molecule has 1 aliphatic heterocycles. The van der Waals surface area contributed by atoms with E-state index < -0.39 is 0 Å². The molecule has 5 heteroatoms. The van der Waals surface area contributed by atoms with Gasteiger partial charge in [0.15, 0.2) is 11.5 Å². The smallest absolute Gasteiger partial charge is 0.258 e. The van der Waals surface area contributed by atoms with Crippen LogP contribution in [0.5, 0.6) is 11.5 Å². The number of hydrogen-bond donors (Lipinski definition) is 0. The summed E-state index contributed by atoms with van der Waals surface area (Å²) in [5.74, 6) is 1.38. The molecular weight excluding hydrogens is 358 g/mol. The number of benzene rings is 2. The molecule has 1 aromatic heterocycles. The molecule has 138 valence electrons. The zero-order chi connectivity index (χ0) is 18.8. The number of carbonyl (C=O) groups is 1. The van der Waals surface area contributed by atoms with Crippen molar-refractivity contribution in [3.8, 4) is 11.5 Å². The molecule has 4 rings (SSSR count). The number of amides is 1. The van der Waals surface area contributed by atoms with Crippen LogP contribution < -0.4 is 14.4 Å². The van der Waals surface area contributed by atoms with E-state index in [1.54, 1.807) is 16.2 Å². The van der Waals surface area contributed by atoms with Crippen LogP contribution >= 0.6 is 11.3 Å². The SMILES string of the molecule is Cc1cc(C)cc(C(=O)N(Cc2cccs2)c2ccc3c(c2)OCCO3)c1. The third kappa shape index (κ3) is 3.83. The summed E-state index contributed by atoms with van der Waals surface area (Å²) >= 11 is 1.64. The molecule has 0 N–H and O–H groups in total. The van der Waals surface area contributed by atoms with Crippen LogP contribution in [0.2, 0.25) is 0 Å². The highest BCUT2D eigenvalue weighted by atomic mass is 32.1. The molecule has 4 nitrogen and oxygen atoms in total. The van der Waals surface area contributed by atoms with Crippen LogP contribution in [-0.4, -0.2) is 19.1 Å². The molecule has 27 heavy (non-hydrogen) atoms. The van der Waals surface area contributed by atoms with E-state index in [0.29, 0.717) is 31.1 Å². The second-order valence-electron chi connectivity index (χ2n) is 6.68. The van der Waals surface area contributed by atoms with Crippen molar-refractivity contribution in [3.63, 3.8) is 0 Å². The van der Waals surface area contributed by atoms with E-state index in [-0.39, 0.29) is 5.91 Å². The lowest BCUT2D eigenvalue weighted by atomic mass is 10.1. The monoisotopic (exact) mass is 379 g/mol. The van der Waals surface area contributed by atoms with Gasteiger partial charge in [-0.15, -0.1) is 11.3 Å². The van der Waals surface area contributed by atoms with Gasteiger partial charge in [0.2, 0.25) is 0 Å². The average molecular weight is 379 g/mol. The van der Waals surface area contributed by atoms with Crippen LogP contribution in [0.25, 0.3) is 0 Å². The van der Waals surface area contributed by atoms with Gasteiger partial charge in [-0.1, -0.05) is 23.3 Å². The number of carbonyl (C=O) groups excluding carboxylic acids is 1. The Morgan fingerprint density at radius 1 is 1.00 bits per heavy atom. The zero-order valence-electron chi connectivity index (χ0n) is 15.4. The Labute approximate surface area is 163 Å². The number of thiophene rings is 1. The van der Waals surface area contributed by atoms with Crippen LogP contribution in [0.15, 0.2) is 53.9 Å². The molecule has 3 aromatic rings. The molecule has 0 fully saturated rings. The fourth-order valence-corrected chi connectivity index (χ4v) is 3.99. The van der Waals surface area contributed by atoms with Gasteiger partial charge >= 0.3 is 0 Å². The Morgan fingerprint density at radius 3 is 2.44 bits per heavy atom. The number of rotatable bonds is 4. The molecule has 2 aromatic carbocycles. The largest absolute Gasteiger partial charge is 0.486 e. The van der Waals surface area contributed by atoms with Crippen molar-refractivity contribution < 1.29 is 14.3 Å². The number of fused-ring (bicyclic) bond motifs is 1. The lowest BCUT2D eigenvalue weighted by molar-refractivity contribution is 0.0985. The Balaban J connectivity index is 1.73. The summed E-state index contributed by atoms with van der Waals surface area (Å²) in [6.07, 6.45) is 0. The van der Waals surface area contributed by atoms with Crippen molar-refractivity contribution >= 4 is 22.9 Å². The van der Waals surface area contributed by atoms with Gasteiger partial charge in [-0.05, 0) is 49.6 Å². The van der Waals surface area contributed by atoms with Gasteiger partial charge in [0, 0.05) is 22.2 Å². The average Bonchev–Trinajstić information content (AvgIpc) is 3.18. The lowest BCUT2D eigenvalue weighted by Crippen LogP contribution is -2.30. The second-order valence-corrected chi connectivity index (χ2v) is 7.71. The van der Waals surface area contributed by atoms with E-state index in [9.17, 15) is 4.79 Å². The van der Waals surface area contributed by atoms with Crippen LogP contribution in [0.1, 0.15) is 26.4 Å². The molecular formula is C22H21NO3S. The van der Waals surface area contributed by atoms with Crippen LogP contribution in [0.4, 0.5) is 5.69 Å². The van der Waals surface area contributed by atoms with Crippen molar-refractivity contribution in [1.82, 2.24) is 0 Å². The fraction of sp³-hybridized carbons (Fsp3) is 0.227. The van der Waals surface area contributed by atoms with Crippen molar-refractivity contribution in [2.45, 2.75) is 20.4 Å². The molecule has 0 spiro atoms. The van der Waals surface area contributed by atoms with Gasteiger partial charge in [0.1, 0.15) is 13.2 Å². The van der Waals surface area contributed by atoms with Gasteiger partial charge < -0.3 is 14.4 Å². The maximum Gasteiger partial charge on any atom is 0.258 e. The number of aryl methyl sites for hydroxylation is 2. The van der Waals surface area contributed by atoms with Gasteiger partial charge in [0.25, 0.3) is 5.91 Å². The van der Waals surface area contributed by atoms with Crippen molar-refractivity contribution in [1.29, 1.82) is 0 Å². The van der Waals surface area contributed by atoms with Crippen LogP contribution in [-0.2, 0) is 6.54 Å². The summed E-state index contributed by atoms with van der Waals surface area (Å²) < 4.78 is 11.3. The van der Waals surface area contributed by atoms with Gasteiger partial charge in [-0.25, -0.2) is 0 Å². The molecule has 2 heterocycles. The minimum Gasteiger partial charge on any atom is -0.486 e. The van der Waals surface area contributed by atoms with E-state index in [2.05, 4.69) is 6.07 Å². The van der Waals surface area contributed by atoms with E-state index in [0.717, 1.165) is 27.4 Å². The number of hydrogen-bond acceptors (Lipinski definition) is 4. The Bertz CT molecular complexity index is 945. The highest BCUT2D eigenvalue weighted by molar-refractivity contribution is 7.09. The van der Waals surface area contributed by atoms with Gasteiger partial charge in [0.05, 0.1) is 6.54 Å². The van der Waals surface area contributed by atoms with Gasteiger partial charge in [-0.3, -0.25) is 4.79 Å². The molecule has 1 aliphatic rings. The van der Waals surface area contributed by atoms with Crippen molar-refractivity contribution in [2.75, 3.05) is 18.1 Å². The number of ether oxygens (including phenoxy) is 2. The number of anilines is 1. The first kappa shape index (κ1) is 17.6. The predicted molar refractivity (Wildman–Crippen MR) is 108 cm³/mol. The second kappa shape index (κ2) is 7.45. The molecule has 0 unspecified atom stereocenters. The first-order valence-electron chi connectivity index (χ1n) is 8.92. The van der Waals surface area contributed by atoms with Crippen molar-refractivity contribution in [2.24, 2.45) is 0 Å². The first-order valence-corrected chi connectivity index (χ1v) is 9.80. The molecule has 0 saturated carbocycles. The first-order chi connectivity index (χ1) is 13.1. The molecule has 0 bridgehead atoms. The summed E-state index contributed by atoms with van der Waals surface area (Å²) in [6, 6.07) is 15.7. The number of nitrogens with zero attached hydrogens (tertiary/aromatic N) is 1. The van der Waals surface area contributed by atoms with Crippen LogP contribution in [0.3, 0.4) is 0 Å². The maximum atomic E-state index is 13.4. The summed E-state index contributed by atoms with van der Waals surface area (Å²) in [5, 5.41) is 2.03. The quantitative estimate of drug-likeness (QED) is 0.641. The van der Waals surface area contributed by atoms with E-state index >= 15 is 0 Å². The van der Waals surface area contributed by atoms with Crippen LogP contribution in [0, 0.1) is 13.8 Å². The Kier molecular flexibility index (Phi) is 4.86. The van der Waals surface area contributed by atoms with E-state index in [1.165, 1.54) is 0 Å². The Morgan fingerprint density at radius 2 is 1.74 bits per heavy atom. The Hall–Kier alpha value is -2.79. The topological polar surface area (TPSA) is 38.8 Å². The maximum absolute atomic E-state index is 13.4. The molecule has 0 aliphatic carbocycles. The van der Waals surface area contributed by atoms with Gasteiger partial charge in [-0.2, -0.15) is 0 Å². The van der Waals surface area contributed by atoms with E-state index in [4.69, 9.17) is 9.47 Å². The lowest BCUT2D eigenvalue weighted by Gasteiger charge is -2.25. The normalized spacial score (nSPS) is 12.7. The molecule has 0 saturated heterocycles. The fourth-order valence-electron chi connectivity index (χ4n) is 3.29. The van der Waals surface area contributed by atoms with E-state index in [1.807, 2.05) is 61.7 Å². The highest BCUT2D eigenvalue weighted by Crippen LogP contribution is 2.35.